The lowest BCUT2D eigenvalue weighted by molar-refractivity contribution is -0.139. The van der Waals surface area contributed by atoms with Crippen LogP contribution in [0.25, 0.3) is 10.9 Å². The van der Waals surface area contributed by atoms with Gasteiger partial charge < -0.3 is 19.9 Å². The second-order valence-corrected chi connectivity index (χ2v) is 8.84. The van der Waals surface area contributed by atoms with Crippen molar-refractivity contribution in [2.45, 2.75) is 50.9 Å². The Hall–Kier alpha value is -3.12. The SMILES string of the molecule is Cc1nc(N[C@H](C)c2cccc(C(F)(F)CO)c2F)c2cc(OCCOC3CC3)c(C(F)(F)F)cc2n1. The van der Waals surface area contributed by atoms with Gasteiger partial charge in [0.25, 0.3) is 5.92 Å². The van der Waals surface area contributed by atoms with Crippen LogP contribution < -0.4 is 10.1 Å². The second kappa shape index (κ2) is 10.3. The van der Waals surface area contributed by atoms with Crippen molar-refractivity contribution >= 4 is 16.7 Å². The van der Waals surface area contributed by atoms with Gasteiger partial charge in [-0.3, -0.25) is 0 Å². The molecule has 4 rings (SSSR count). The summed E-state index contributed by atoms with van der Waals surface area (Å²) in [6.07, 6.45) is -2.78. The number of fused-ring (bicyclic) bond motifs is 1. The molecule has 3 aromatic rings. The van der Waals surface area contributed by atoms with Gasteiger partial charge in [-0.25, -0.2) is 14.4 Å². The molecule has 0 radical (unpaired) electrons. The van der Waals surface area contributed by atoms with Crippen molar-refractivity contribution in [3.05, 3.63) is 58.7 Å². The lowest BCUT2D eigenvalue weighted by atomic mass is 10.00. The van der Waals surface area contributed by atoms with Crippen molar-refractivity contribution in [2.24, 2.45) is 0 Å². The van der Waals surface area contributed by atoms with Crippen molar-refractivity contribution < 1.29 is 40.9 Å². The van der Waals surface area contributed by atoms with Gasteiger partial charge in [0.2, 0.25) is 0 Å². The summed E-state index contributed by atoms with van der Waals surface area (Å²) in [5, 5.41) is 12.0. The Kier molecular flexibility index (Phi) is 7.52. The first-order valence-electron chi connectivity index (χ1n) is 11.6. The minimum atomic E-state index is -4.72. The Morgan fingerprint density at radius 2 is 1.81 bits per heavy atom. The zero-order valence-electron chi connectivity index (χ0n) is 20.0. The number of hydrogen-bond acceptors (Lipinski definition) is 6. The summed E-state index contributed by atoms with van der Waals surface area (Å²) < 4.78 is 95.1. The zero-order valence-corrected chi connectivity index (χ0v) is 20.0. The number of nitrogens with one attached hydrogen (secondary N) is 1. The van der Waals surface area contributed by atoms with Crippen molar-refractivity contribution in [3.63, 3.8) is 0 Å². The summed E-state index contributed by atoms with van der Waals surface area (Å²) in [6, 6.07) is 4.46. The number of hydrogen-bond donors (Lipinski definition) is 2. The second-order valence-electron chi connectivity index (χ2n) is 8.84. The van der Waals surface area contributed by atoms with Gasteiger partial charge in [-0.2, -0.15) is 22.0 Å². The number of alkyl halides is 5. The highest BCUT2D eigenvalue weighted by Gasteiger charge is 2.36. The third-order valence-corrected chi connectivity index (χ3v) is 5.87. The summed E-state index contributed by atoms with van der Waals surface area (Å²) in [6.45, 7) is 1.42. The van der Waals surface area contributed by atoms with Crippen LogP contribution >= 0.6 is 0 Å². The van der Waals surface area contributed by atoms with Crippen LogP contribution in [0.3, 0.4) is 0 Å². The number of aliphatic hydroxyl groups excluding tert-OH is 1. The Balaban J connectivity index is 1.69. The molecule has 2 aromatic carbocycles. The fraction of sp³-hybridized carbons (Fsp3) is 0.440. The first kappa shape index (κ1) is 26.9. The standard InChI is InChI=1S/C25H25F6N3O3/c1-13(16-4-3-5-18(22(16)26)24(27,28)12-35)32-23-17-10-21(37-9-8-36-15-6-7-15)19(25(29,30)31)11-20(17)33-14(2)34-23/h3-5,10-11,13,15,35H,6-9,12H2,1-2H3,(H,32,33,34)/t13-/m1/s1. The molecule has 1 aliphatic rings. The Morgan fingerprint density at radius 3 is 2.46 bits per heavy atom. The molecule has 0 bridgehead atoms. The minimum absolute atomic E-state index is 0.0304. The monoisotopic (exact) mass is 529 g/mol. The van der Waals surface area contributed by atoms with E-state index in [4.69, 9.17) is 14.6 Å². The molecule has 1 saturated carbocycles. The van der Waals surface area contributed by atoms with Crippen molar-refractivity contribution in [2.75, 3.05) is 25.1 Å². The van der Waals surface area contributed by atoms with Gasteiger partial charge in [0.05, 0.1) is 35.4 Å². The number of benzene rings is 2. The average molecular weight is 529 g/mol. The molecule has 0 unspecified atom stereocenters. The molecule has 200 valence electrons. The van der Waals surface area contributed by atoms with Gasteiger partial charge >= 0.3 is 6.18 Å². The smallest absolute Gasteiger partial charge is 0.420 e. The lowest BCUT2D eigenvalue weighted by Gasteiger charge is -2.21. The van der Waals surface area contributed by atoms with Gasteiger partial charge in [-0.15, -0.1) is 0 Å². The summed E-state index contributed by atoms with van der Waals surface area (Å²) in [4.78, 5) is 8.35. The third-order valence-electron chi connectivity index (χ3n) is 5.87. The van der Waals surface area contributed by atoms with Crippen LogP contribution in [-0.4, -0.2) is 41.0 Å². The van der Waals surface area contributed by atoms with Crippen molar-refractivity contribution in [1.82, 2.24) is 9.97 Å². The van der Waals surface area contributed by atoms with Gasteiger partial charge in [0, 0.05) is 10.9 Å². The van der Waals surface area contributed by atoms with Crippen LogP contribution in [0.5, 0.6) is 5.75 Å². The molecule has 37 heavy (non-hydrogen) atoms. The lowest BCUT2D eigenvalue weighted by Crippen LogP contribution is -2.22. The molecular formula is C25H25F6N3O3. The Bertz CT molecular complexity index is 1280. The fourth-order valence-corrected chi connectivity index (χ4v) is 3.86. The number of aromatic nitrogens is 2. The van der Waals surface area contributed by atoms with Crippen LogP contribution in [-0.2, 0) is 16.8 Å². The highest BCUT2D eigenvalue weighted by Crippen LogP contribution is 2.40. The molecule has 0 saturated heterocycles. The van der Waals surface area contributed by atoms with Gasteiger partial charge in [0.1, 0.15) is 36.4 Å². The molecular weight excluding hydrogens is 504 g/mol. The Labute approximate surface area is 208 Å². The summed E-state index contributed by atoms with van der Waals surface area (Å²) in [7, 11) is 0. The summed E-state index contributed by atoms with van der Waals surface area (Å²) >= 11 is 0. The number of halogens is 6. The largest absolute Gasteiger partial charge is 0.491 e. The highest BCUT2D eigenvalue weighted by atomic mass is 19.4. The van der Waals surface area contributed by atoms with Gasteiger partial charge in [-0.05, 0) is 44.9 Å². The van der Waals surface area contributed by atoms with E-state index in [9.17, 15) is 26.3 Å². The van der Waals surface area contributed by atoms with Gasteiger partial charge in [-0.1, -0.05) is 12.1 Å². The normalized spacial score (nSPS) is 15.2. The van der Waals surface area contributed by atoms with Crippen molar-refractivity contribution in [3.8, 4) is 5.75 Å². The number of rotatable bonds is 10. The number of nitrogens with zero attached hydrogens (tertiary/aromatic N) is 2. The first-order chi connectivity index (χ1) is 17.4. The van der Waals surface area contributed by atoms with Crippen LogP contribution in [0.4, 0.5) is 32.2 Å². The fourth-order valence-electron chi connectivity index (χ4n) is 3.86. The maximum Gasteiger partial charge on any atom is 0.420 e. The number of aliphatic hydroxyl groups is 1. The van der Waals surface area contributed by atoms with E-state index in [0.29, 0.717) is 0 Å². The molecule has 1 heterocycles. The summed E-state index contributed by atoms with van der Waals surface area (Å²) in [5.41, 5.74) is -2.16. The molecule has 0 amide bonds. The van der Waals surface area contributed by atoms with Gasteiger partial charge in [0.15, 0.2) is 0 Å². The van der Waals surface area contributed by atoms with E-state index in [1.54, 1.807) is 0 Å². The molecule has 1 fully saturated rings. The maximum absolute atomic E-state index is 15.0. The predicted octanol–water partition coefficient (Wildman–Crippen LogP) is 5.91. The van der Waals surface area contributed by atoms with Crippen LogP contribution in [0.2, 0.25) is 0 Å². The number of ether oxygens (including phenoxy) is 2. The number of aryl methyl sites for hydroxylation is 1. The minimum Gasteiger partial charge on any atom is -0.491 e. The van der Waals surface area contributed by atoms with E-state index in [0.717, 1.165) is 31.0 Å². The molecule has 0 aliphatic heterocycles. The van der Waals surface area contributed by atoms with E-state index in [-0.39, 0.29) is 47.4 Å². The molecule has 12 heteroatoms. The molecule has 6 nitrogen and oxygen atoms in total. The predicted molar refractivity (Wildman–Crippen MR) is 123 cm³/mol. The maximum atomic E-state index is 15.0. The molecule has 2 N–H and O–H groups in total. The molecule has 1 aliphatic carbocycles. The molecule has 1 atom stereocenters. The number of anilines is 1. The quantitative estimate of drug-likeness (QED) is 0.251. The van der Waals surface area contributed by atoms with Crippen LogP contribution in [0.1, 0.15) is 48.3 Å². The van der Waals surface area contributed by atoms with Crippen LogP contribution in [0.15, 0.2) is 30.3 Å². The van der Waals surface area contributed by atoms with E-state index in [2.05, 4.69) is 15.3 Å². The molecule has 1 aromatic heterocycles. The van der Waals surface area contributed by atoms with E-state index in [1.165, 1.54) is 26.0 Å². The topological polar surface area (TPSA) is 76.5 Å². The highest BCUT2D eigenvalue weighted by molar-refractivity contribution is 5.91. The average Bonchev–Trinajstić information content (AvgIpc) is 3.65. The van der Waals surface area contributed by atoms with E-state index >= 15 is 0 Å². The summed E-state index contributed by atoms with van der Waals surface area (Å²) in [5.74, 6) is -5.24. The van der Waals surface area contributed by atoms with E-state index in [1.807, 2.05) is 0 Å². The molecule has 0 spiro atoms. The zero-order chi connectivity index (χ0) is 27.0. The Morgan fingerprint density at radius 1 is 1.08 bits per heavy atom. The van der Waals surface area contributed by atoms with E-state index < -0.39 is 47.4 Å². The third kappa shape index (κ3) is 6.07. The van der Waals surface area contributed by atoms with Crippen molar-refractivity contribution in [1.29, 1.82) is 0 Å². The first-order valence-corrected chi connectivity index (χ1v) is 11.6. The van der Waals surface area contributed by atoms with Crippen LogP contribution in [0, 0.1) is 12.7 Å².